The van der Waals surface area contributed by atoms with Crippen LogP contribution < -0.4 is 0 Å². The van der Waals surface area contributed by atoms with Crippen molar-refractivity contribution in [2.45, 2.75) is 0 Å². The van der Waals surface area contributed by atoms with Gasteiger partial charge in [-0.25, -0.2) is 4.98 Å². The van der Waals surface area contributed by atoms with Gasteiger partial charge < -0.3 is 10.1 Å². The van der Waals surface area contributed by atoms with Crippen LogP contribution in [0.1, 0.15) is 0 Å². The summed E-state index contributed by atoms with van der Waals surface area (Å²) in [5, 5.41) is 10.5. The molecule has 0 aliphatic carbocycles. The number of halogens is 2. The highest BCUT2D eigenvalue weighted by Crippen LogP contribution is 2.32. The Balaban J connectivity index is 2.23. The molecule has 2 aromatic carbocycles. The van der Waals surface area contributed by atoms with Crippen molar-refractivity contribution in [3.8, 4) is 17.1 Å². The average Bonchev–Trinajstić information content (AvgIpc) is 2.74. The minimum atomic E-state index is 0.166. The SMILES string of the molecule is Oc1cc(Br)ccc1-c1nc2c(Cl)cccc2[nH]1. The molecule has 90 valence electrons. The van der Waals surface area contributed by atoms with Gasteiger partial charge in [0.1, 0.15) is 17.1 Å². The first-order valence-electron chi connectivity index (χ1n) is 5.28. The largest absolute Gasteiger partial charge is 0.507 e. The molecule has 3 nitrogen and oxygen atoms in total. The molecule has 0 amide bonds. The van der Waals surface area contributed by atoms with Gasteiger partial charge in [0, 0.05) is 4.47 Å². The highest BCUT2D eigenvalue weighted by molar-refractivity contribution is 9.10. The lowest BCUT2D eigenvalue weighted by atomic mass is 10.2. The van der Waals surface area contributed by atoms with Gasteiger partial charge in [-0.05, 0) is 30.3 Å². The minimum absolute atomic E-state index is 0.166. The third kappa shape index (κ3) is 1.87. The van der Waals surface area contributed by atoms with Crippen molar-refractivity contribution in [2.24, 2.45) is 0 Å². The van der Waals surface area contributed by atoms with Crippen LogP contribution in [-0.4, -0.2) is 15.1 Å². The van der Waals surface area contributed by atoms with Gasteiger partial charge in [0.2, 0.25) is 0 Å². The van der Waals surface area contributed by atoms with Crippen molar-refractivity contribution in [2.75, 3.05) is 0 Å². The van der Waals surface area contributed by atoms with E-state index in [1.165, 1.54) is 0 Å². The fourth-order valence-electron chi connectivity index (χ4n) is 1.83. The van der Waals surface area contributed by atoms with E-state index in [9.17, 15) is 5.11 Å². The Hall–Kier alpha value is -1.52. The van der Waals surface area contributed by atoms with E-state index in [1.807, 2.05) is 18.2 Å². The molecule has 0 bridgehead atoms. The summed E-state index contributed by atoms with van der Waals surface area (Å²) in [6.07, 6.45) is 0. The Labute approximate surface area is 117 Å². The maximum absolute atomic E-state index is 9.92. The average molecular weight is 324 g/mol. The molecule has 0 saturated heterocycles. The second kappa shape index (κ2) is 4.30. The summed E-state index contributed by atoms with van der Waals surface area (Å²) in [5.41, 5.74) is 2.20. The van der Waals surface area contributed by atoms with E-state index in [4.69, 9.17) is 11.6 Å². The minimum Gasteiger partial charge on any atom is -0.507 e. The number of hydrogen-bond donors (Lipinski definition) is 2. The van der Waals surface area contributed by atoms with Crippen LogP contribution in [-0.2, 0) is 0 Å². The van der Waals surface area contributed by atoms with Crippen molar-refractivity contribution in [3.05, 3.63) is 45.9 Å². The van der Waals surface area contributed by atoms with Gasteiger partial charge in [0.05, 0.1) is 16.1 Å². The lowest BCUT2D eigenvalue weighted by molar-refractivity contribution is 0.476. The Morgan fingerprint density at radius 2 is 2.06 bits per heavy atom. The van der Waals surface area contributed by atoms with Crippen LogP contribution >= 0.6 is 27.5 Å². The molecule has 1 heterocycles. The maximum atomic E-state index is 9.92. The summed E-state index contributed by atoms with van der Waals surface area (Å²) in [5.74, 6) is 0.766. The van der Waals surface area contributed by atoms with E-state index in [2.05, 4.69) is 25.9 Å². The van der Waals surface area contributed by atoms with Crippen LogP contribution in [0.3, 0.4) is 0 Å². The number of phenolic OH excluding ortho intramolecular Hbond substituents is 1. The highest BCUT2D eigenvalue weighted by atomic mass is 79.9. The van der Waals surface area contributed by atoms with Gasteiger partial charge in [-0.3, -0.25) is 0 Å². The molecule has 0 spiro atoms. The number of aromatic amines is 1. The molecule has 0 saturated carbocycles. The van der Waals surface area contributed by atoms with Crippen molar-refractivity contribution >= 4 is 38.6 Å². The molecule has 0 aliphatic rings. The predicted molar refractivity (Wildman–Crippen MR) is 75.9 cm³/mol. The van der Waals surface area contributed by atoms with Crippen LogP contribution in [0.2, 0.25) is 5.02 Å². The lowest BCUT2D eigenvalue weighted by Crippen LogP contribution is -1.81. The number of aromatic hydroxyl groups is 1. The quantitative estimate of drug-likeness (QED) is 0.699. The summed E-state index contributed by atoms with van der Waals surface area (Å²) < 4.78 is 0.817. The summed E-state index contributed by atoms with van der Waals surface area (Å²) in [4.78, 5) is 7.55. The number of benzene rings is 2. The molecule has 1 aromatic heterocycles. The zero-order valence-electron chi connectivity index (χ0n) is 9.11. The molecule has 0 atom stereocenters. The molecular weight excluding hydrogens is 316 g/mol. The van der Waals surface area contributed by atoms with Gasteiger partial charge in [-0.15, -0.1) is 0 Å². The molecule has 3 aromatic rings. The second-order valence-corrected chi connectivity index (χ2v) is 5.21. The number of nitrogens with one attached hydrogen (secondary N) is 1. The van der Waals surface area contributed by atoms with Crippen molar-refractivity contribution in [1.82, 2.24) is 9.97 Å². The van der Waals surface area contributed by atoms with Crippen LogP contribution in [0.15, 0.2) is 40.9 Å². The smallest absolute Gasteiger partial charge is 0.142 e. The number of fused-ring (bicyclic) bond motifs is 1. The van der Waals surface area contributed by atoms with Crippen LogP contribution in [0, 0.1) is 0 Å². The highest BCUT2D eigenvalue weighted by Gasteiger charge is 2.11. The standard InChI is InChI=1S/C13H8BrClN2O/c14-7-4-5-8(11(18)6-7)13-16-10-3-1-2-9(15)12(10)17-13/h1-6,18H,(H,16,17). The van der Waals surface area contributed by atoms with Crippen molar-refractivity contribution in [1.29, 1.82) is 0 Å². The number of aromatic nitrogens is 2. The van der Waals surface area contributed by atoms with E-state index in [1.54, 1.807) is 18.2 Å². The number of H-pyrrole nitrogens is 1. The first kappa shape index (κ1) is 11.6. The number of hydrogen-bond acceptors (Lipinski definition) is 2. The van der Waals surface area contributed by atoms with Gasteiger partial charge >= 0.3 is 0 Å². The van der Waals surface area contributed by atoms with Crippen molar-refractivity contribution < 1.29 is 5.11 Å². The summed E-state index contributed by atoms with van der Waals surface area (Å²) in [6.45, 7) is 0. The maximum Gasteiger partial charge on any atom is 0.142 e. The van der Waals surface area contributed by atoms with Gasteiger partial charge in [0.15, 0.2) is 0 Å². The molecule has 18 heavy (non-hydrogen) atoms. The first-order valence-corrected chi connectivity index (χ1v) is 6.45. The molecule has 2 N–H and O–H groups in total. The van der Waals surface area contributed by atoms with Gasteiger partial charge in [0.25, 0.3) is 0 Å². The molecule has 0 radical (unpaired) electrons. The normalized spacial score (nSPS) is 11.0. The number of rotatable bonds is 1. The predicted octanol–water partition coefficient (Wildman–Crippen LogP) is 4.35. The number of phenols is 1. The first-order chi connectivity index (χ1) is 8.65. The number of imidazole rings is 1. The molecule has 0 aliphatic heterocycles. The van der Waals surface area contributed by atoms with Crippen LogP contribution in [0.25, 0.3) is 22.4 Å². The fraction of sp³-hybridized carbons (Fsp3) is 0. The number of nitrogens with zero attached hydrogens (tertiary/aromatic N) is 1. The molecule has 5 heteroatoms. The van der Waals surface area contributed by atoms with Gasteiger partial charge in [-0.1, -0.05) is 33.6 Å². The third-order valence-corrected chi connectivity index (χ3v) is 3.48. The van der Waals surface area contributed by atoms with E-state index >= 15 is 0 Å². The Kier molecular flexibility index (Phi) is 2.76. The van der Waals surface area contributed by atoms with E-state index in [0.29, 0.717) is 21.9 Å². The fourth-order valence-corrected chi connectivity index (χ4v) is 2.40. The zero-order chi connectivity index (χ0) is 12.7. The summed E-state index contributed by atoms with van der Waals surface area (Å²) >= 11 is 9.37. The van der Waals surface area contributed by atoms with Gasteiger partial charge in [-0.2, -0.15) is 0 Å². The third-order valence-electron chi connectivity index (χ3n) is 2.68. The number of para-hydroxylation sites is 1. The molecular formula is C13H8BrClN2O. The van der Waals surface area contributed by atoms with E-state index < -0.39 is 0 Å². The summed E-state index contributed by atoms with van der Waals surface area (Å²) in [7, 11) is 0. The Morgan fingerprint density at radius 3 is 2.78 bits per heavy atom. The van der Waals surface area contributed by atoms with E-state index in [-0.39, 0.29) is 5.75 Å². The van der Waals surface area contributed by atoms with Crippen LogP contribution in [0.4, 0.5) is 0 Å². The molecule has 3 rings (SSSR count). The summed E-state index contributed by atoms with van der Waals surface area (Å²) in [6, 6.07) is 10.8. The molecule has 0 unspecified atom stereocenters. The van der Waals surface area contributed by atoms with Crippen molar-refractivity contribution in [3.63, 3.8) is 0 Å². The Morgan fingerprint density at radius 1 is 1.22 bits per heavy atom. The van der Waals surface area contributed by atoms with Crippen LogP contribution in [0.5, 0.6) is 5.75 Å². The monoisotopic (exact) mass is 322 g/mol. The lowest BCUT2D eigenvalue weighted by Gasteiger charge is -2.00. The van der Waals surface area contributed by atoms with E-state index in [0.717, 1.165) is 9.99 Å². The Bertz CT molecular complexity index is 739. The zero-order valence-corrected chi connectivity index (χ0v) is 11.5. The molecule has 0 fully saturated rings. The topological polar surface area (TPSA) is 48.9 Å². The second-order valence-electron chi connectivity index (χ2n) is 3.88.